The molecule has 2 saturated carbocycles. The Morgan fingerprint density at radius 1 is 0.957 bits per heavy atom. The minimum Gasteiger partial charge on any atom is -0.341 e. The van der Waals surface area contributed by atoms with Crippen LogP contribution in [0.15, 0.2) is 0 Å². The van der Waals surface area contributed by atoms with Gasteiger partial charge < -0.3 is 15.1 Å². The number of hydrogen-bond acceptors (Lipinski definition) is 3. The van der Waals surface area contributed by atoms with Crippen molar-refractivity contribution in [3.63, 3.8) is 0 Å². The largest absolute Gasteiger partial charge is 0.341 e. The van der Waals surface area contributed by atoms with Gasteiger partial charge in [-0.1, -0.05) is 6.42 Å². The van der Waals surface area contributed by atoms with E-state index in [4.69, 9.17) is 0 Å². The van der Waals surface area contributed by atoms with Crippen LogP contribution in [-0.4, -0.2) is 65.5 Å². The lowest BCUT2D eigenvalue weighted by Crippen LogP contribution is -2.48. The molecule has 0 aromatic heterocycles. The Morgan fingerprint density at radius 3 is 2.43 bits per heavy atom. The third-order valence-corrected chi connectivity index (χ3v) is 6.40. The van der Waals surface area contributed by atoms with E-state index in [2.05, 4.69) is 11.6 Å². The summed E-state index contributed by atoms with van der Waals surface area (Å²) >= 11 is 1.92. The summed E-state index contributed by atoms with van der Waals surface area (Å²) in [5.74, 6) is 0.587. The van der Waals surface area contributed by atoms with Gasteiger partial charge >= 0.3 is 6.03 Å². The second-order valence-electron chi connectivity index (χ2n) is 7.11. The molecule has 23 heavy (non-hydrogen) atoms. The molecule has 2 aliphatic carbocycles. The van der Waals surface area contributed by atoms with E-state index in [1.165, 1.54) is 12.8 Å². The van der Waals surface area contributed by atoms with E-state index < -0.39 is 0 Å². The van der Waals surface area contributed by atoms with Gasteiger partial charge in [-0.25, -0.2) is 4.79 Å². The SMILES string of the molecule is CS[C@H]1CCC[C@@H](NC(=O)N2CCCN(C(=O)C3CC3)CC2)C1. The van der Waals surface area contributed by atoms with Crippen molar-refractivity contribution in [1.29, 1.82) is 0 Å². The minimum absolute atomic E-state index is 0.0671. The van der Waals surface area contributed by atoms with Crippen LogP contribution >= 0.6 is 11.8 Å². The third-order valence-electron chi connectivity index (χ3n) is 5.31. The Morgan fingerprint density at radius 2 is 1.70 bits per heavy atom. The first-order chi connectivity index (χ1) is 11.2. The van der Waals surface area contributed by atoms with Crippen LogP contribution in [0.25, 0.3) is 0 Å². The molecule has 1 heterocycles. The number of carbonyl (C=O) groups is 2. The fraction of sp³-hybridized carbons (Fsp3) is 0.882. The second kappa shape index (κ2) is 7.77. The third kappa shape index (κ3) is 4.55. The average molecular weight is 340 g/mol. The highest BCUT2D eigenvalue weighted by Crippen LogP contribution is 2.31. The van der Waals surface area contributed by atoms with Crippen LogP contribution in [0, 0.1) is 5.92 Å². The van der Waals surface area contributed by atoms with Crippen LogP contribution in [0.5, 0.6) is 0 Å². The molecule has 1 N–H and O–H groups in total. The fourth-order valence-corrected chi connectivity index (χ4v) is 4.51. The highest BCUT2D eigenvalue weighted by Gasteiger charge is 2.34. The number of rotatable bonds is 3. The van der Waals surface area contributed by atoms with Crippen LogP contribution in [-0.2, 0) is 4.79 Å². The molecule has 3 fully saturated rings. The monoisotopic (exact) mass is 339 g/mol. The van der Waals surface area contributed by atoms with Gasteiger partial charge in [-0.3, -0.25) is 4.79 Å². The summed E-state index contributed by atoms with van der Waals surface area (Å²) in [7, 11) is 0. The van der Waals surface area contributed by atoms with Crippen molar-refractivity contribution in [2.45, 2.75) is 56.2 Å². The maximum atomic E-state index is 12.5. The number of nitrogens with one attached hydrogen (secondary N) is 1. The van der Waals surface area contributed by atoms with Gasteiger partial charge in [0.1, 0.15) is 0 Å². The second-order valence-corrected chi connectivity index (χ2v) is 8.25. The number of hydrogen-bond donors (Lipinski definition) is 1. The molecule has 1 aliphatic heterocycles. The van der Waals surface area contributed by atoms with Crippen molar-refractivity contribution >= 4 is 23.7 Å². The van der Waals surface area contributed by atoms with Gasteiger partial charge in [0.05, 0.1) is 0 Å². The van der Waals surface area contributed by atoms with Crippen LogP contribution in [0.2, 0.25) is 0 Å². The maximum absolute atomic E-state index is 12.5. The molecular weight excluding hydrogens is 310 g/mol. The maximum Gasteiger partial charge on any atom is 0.317 e. The quantitative estimate of drug-likeness (QED) is 0.858. The predicted octanol–water partition coefficient (Wildman–Crippen LogP) is 2.31. The molecule has 6 heteroatoms. The Balaban J connectivity index is 1.46. The summed E-state index contributed by atoms with van der Waals surface area (Å²) in [5.41, 5.74) is 0. The van der Waals surface area contributed by atoms with E-state index in [0.29, 0.717) is 30.3 Å². The zero-order chi connectivity index (χ0) is 16.2. The van der Waals surface area contributed by atoms with E-state index in [1.54, 1.807) is 0 Å². The average Bonchev–Trinajstić information content (AvgIpc) is 3.40. The lowest BCUT2D eigenvalue weighted by molar-refractivity contribution is -0.132. The first kappa shape index (κ1) is 16.9. The van der Waals surface area contributed by atoms with Crippen LogP contribution in [0.4, 0.5) is 4.79 Å². The van der Waals surface area contributed by atoms with Crippen molar-refractivity contribution < 1.29 is 9.59 Å². The van der Waals surface area contributed by atoms with Crippen LogP contribution in [0.3, 0.4) is 0 Å². The molecule has 2 atom stereocenters. The summed E-state index contributed by atoms with van der Waals surface area (Å²) in [6.07, 6.45) is 9.83. The summed E-state index contributed by atoms with van der Waals surface area (Å²) in [4.78, 5) is 28.6. The van der Waals surface area contributed by atoms with Gasteiger partial charge in [-0.15, -0.1) is 0 Å². The first-order valence-corrected chi connectivity index (χ1v) is 10.3. The molecule has 0 aromatic rings. The number of amides is 3. The van der Waals surface area contributed by atoms with Gasteiger partial charge in [0.25, 0.3) is 0 Å². The van der Waals surface area contributed by atoms with Gasteiger partial charge in [0, 0.05) is 43.4 Å². The molecule has 3 aliphatic rings. The van der Waals surface area contributed by atoms with E-state index in [9.17, 15) is 9.59 Å². The number of urea groups is 1. The molecule has 3 amide bonds. The summed E-state index contributed by atoms with van der Waals surface area (Å²) < 4.78 is 0. The molecule has 0 aromatic carbocycles. The van der Waals surface area contributed by atoms with Crippen molar-refractivity contribution in [2.75, 3.05) is 32.4 Å². The molecular formula is C17H29N3O2S. The highest BCUT2D eigenvalue weighted by molar-refractivity contribution is 7.99. The zero-order valence-corrected chi connectivity index (χ0v) is 14.9. The molecule has 0 bridgehead atoms. The van der Waals surface area contributed by atoms with E-state index in [0.717, 1.165) is 45.2 Å². The molecule has 0 spiro atoms. The predicted molar refractivity (Wildman–Crippen MR) is 93.6 cm³/mol. The van der Waals surface area contributed by atoms with Crippen LogP contribution < -0.4 is 5.32 Å². The Kier molecular flexibility index (Phi) is 5.72. The van der Waals surface area contributed by atoms with Crippen molar-refractivity contribution in [2.24, 2.45) is 5.92 Å². The summed E-state index contributed by atoms with van der Waals surface area (Å²) in [6, 6.07) is 0.388. The van der Waals surface area contributed by atoms with Crippen molar-refractivity contribution in [3.8, 4) is 0 Å². The Labute approximate surface area is 143 Å². The summed E-state index contributed by atoms with van der Waals surface area (Å²) in [6.45, 7) is 2.93. The number of nitrogens with zero attached hydrogens (tertiary/aromatic N) is 2. The minimum atomic E-state index is 0.0671. The van der Waals surface area contributed by atoms with Crippen LogP contribution in [0.1, 0.15) is 44.9 Å². The normalized spacial score (nSPS) is 29.1. The van der Waals surface area contributed by atoms with E-state index in [1.807, 2.05) is 21.6 Å². The van der Waals surface area contributed by atoms with Gasteiger partial charge in [-0.05, 0) is 44.8 Å². The fourth-order valence-electron chi connectivity index (χ4n) is 3.69. The van der Waals surface area contributed by atoms with Crippen molar-refractivity contribution in [1.82, 2.24) is 15.1 Å². The van der Waals surface area contributed by atoms with Gasteiger partial charge in [0.2, 0.25) is 5.91 Å². The first-order valence-electron chi connectivity index (χ1n) is 9.04. The highest BCUT2D eigenvalue weighted by atomic mass is 32.2. The Hall–Kier alpha value is -0.910. The van der Waals surface area contributed by atoms with Gasteiger partial charge in [-0.2, -0.15) is 11.8 Å². The lowest BCUT2D eigenvalue weighted by atomic mass is 9.95. The summed E-state index contributed by atoms with van der Waals surface area (Å²) in [5, 5.41) is 3.92. The number of thioether (sulfide) groups is 1. The zero-order valence-electron chi connectivity index (χ0n) is 14.1. The molecule has 0 radical (unpaired) electrons. The number of carbonyl (C=O) groups excluding carboxylic acids is 2. The smallest absolute Gasteiger partial charge is 0.317 e. The molecule has 130 valence electrons. The van der Waals surface area contributed by atoms with Crippen molar-refractivity contribution in [3.05, 3.63) is 0 Å². The lowest BCUT2D eigenvalue weighted by Gasteiger charge is -2.31. The molecule has 1 saturated heterocycles. The molecule has 5 nitrogen and oxygen atoms in total. The molecule has 3 rings (SSSR count). The standard InChI is InChI=1S/C17H29N3O2S/c1-23-15-5-2-4-14(12-15)18-17(22)20-9-3-8-19(10-11-20)16(21)13-6-7-13/h13-15H,2-12H2,1H3,(H,18,22)/t14-,15+/m1/s1. The van der Waals surface area contributed by atoms with E-state index >= 15 is 0 Å². The van der Waals surface area contributed by atoms with Gasteiger partial charge in [0.15, 0.2) is 0 Å². The Bertz CT molecular complexity index is 442. The molecule has 0 unspecified atom stereocenters. The topological polar surface area (TPSA) is 52.7 Å². The van der Waals surface area contributed by atoms with E-state index in [-0.39, 0.29) is 11.9 Å².